The monoisotopic (exact) mass is 259 g/mol. The number of ether oxygens (including phenoxy) is 2. The fourth-order valence-electron chi connectivity index (χ4n) is 2.11. The summed E-state index contributed by atoms with van der Waals surface area (Å²) in [6.45, 7) is 4.09. The first-order valence-corrected chi connectivity index (χ1v) is 6.48. The number of rotatable bonds is 4. The van der Waals surface area contributed by atoms with Crippen molar-refractivity contribution >= 4 is 0 Å². The van der Waals surface area contributed by atoms with Gasteiger partial charge in [0.25, 0.3) is 0 Å². The minimum absolute atomic E-state index is 0.184. The Morgan fingerprint density at radius 1 is 1.16 bits per heavy atom. The number of hydrogen-bond acceptors (Lipinski definition) is 4. The molecule has 4 heteroatoms. The summed E-state index contributed by atoms with van der Waals surface area (Å²) in [4.78, 5) is 0. The molecule has 4 nitrogen and oxygen atoms in total. The molecule has 3 rings (SSSR count). The molecule has 0 fully saturated rings. The van der Waals surface area contributed by atoms with Gasteiger partial charge in [0.1, 0.15) is 19.0 Å². The van der Waals surface area contributed by atoms with Crippen LogP contribution in [0.4, 0.5) is 0 Å². The van der Waals surface area contributed by atoms with Crippen LogP contribution in [0.5, 0.6) is 11.5 Å². The highest BCUT2D eigenvalue weighted by molar-refractivity contribution is 5.43. The molecule has 0 saturated heterocycles. The summed E-state index contributed by atoms with van der Waals surface area (Å²) < 4.78 is 16.4. The van der Waals surface area contributed by atoms with E-state index in [0.717, 1.165) is 23.8 Å². The minimum Gasteiger partial charge on any atom is -0.486 e. The van der Waals surface area contributed by atoms with Gasteiger partial charge >= 0.3 is 0 Å². The van der Waals surface area contributed by atoms with Gasteiger partial charge in [-0.05, 0) is 36.8 Å². The van der Waals surface area contributed by atoms with E-state index >= 15 is 0 Å². The van der Waals surface area contributed by atoms with Crippen LogP contribution in [-0.4, -0.2) is 13.2 Å². The first-order valence-electron chi connectivity index (χ1n) is 6.48. The summed E-state index contributed by atoms with van der Waals surface area (Å²) in [6, 6.07) is 10.1. The molecule has 1 aromatic heterocycles. The molecule has 19 heavy (non-hydrogen) atoms. The summed E-state index contributed by atoms with van der Waals surface area (Å²) in [7, 11) is 0. The van der Waals surface area contributed by atoms with Crippen LogP contribution in [0.3, 0.4) is 0 Å². The Bertz CT molecular complexity index is 536. The first-order chi connectivity index (χ1) is 9.33. The van der Waals surface area contributed by atoms with Crippen LogP contribution in [0.1, 0.15) is 24.3 Å². The van der Waals surface area contributed by atoms with E-state index in [9.17, 15) is 0 Å². The third-order valence-corrected chi connectivity index (χ3v) is 3.19. The number of nitrogens with one attached hydrogen (secondary N) is 1. The van der Waals surface area contributed by atoms with Crippen LogP contribution in [0.2, 0.25) is 0 Å². The lowest BCUT2D eigenvalue weighted by Gasteiger charge is -2.19. The third kappa shape index (κ3) is 2.74. The molecule has 2 aromatic rings. The summed E-state index contributed by atoms with van der Waals surface area (Å²) in [5, 5.41) is 3.42. The molecule has 0 aliphatic carbocycles. The zero-order valence-electron chi connectivity index (χ0n) is 10.9. The standard InChI is InChI=1S/C15H17NO3/c1-11(13-3-2-6-17-13)16-10-12-4-5-14-15(9-12)19-8-7-18-14/h2-6,9,11,16H,7-8,10H2,1H3/t11-/m0/s1. The number of furan rings is 1. The normalized spacial score (nSPS) is 15.2. The fraction of sp³-hybridized carbons (Fsp3) is 0.333. The van der Waals surface area contributed by atoms with Crippen molar-refractivity contribution in [1.29, 1.82) is 0 Å². The SMILES string of the molecule is C[C@H](NCc1ccc2c(c1)OCCO2)c1ccco1. The lowest BCUT2D eigenvalue weighted by molar-refractivity contribution is 0.171. The quantitative estimate of drug-likeness (QED) is 0.917. The van der Waals surface area contributed by atoms with Gasteiger partial charge < -0.3 is 19.2 Å². The molecular formula is C15H17NO3. The number of fused-ring (bicyclic) bond motifs is 1. The molecule has 0 unspecified atom stereocenters. The third-order valence-electron chi connectivity index (χ3n) is 3.19. The minimum atomic E-state index is 0.184. The largest absolute Gasteiger partial charge is 0.486 e. The van der Waals surface area contributed by atoms with Crippen molar-refractivity contribution < 1.29 is 13.9 Å². The molecular weight excluding hydrogens is 242 g/mol. The molecule has 0 amide bonds. The second-order valence-corrected chi connectivity index (χ2v) is 4.60. The highest BCUT2D eigenvalue weighted by Crippen LogP contribution is 2.30. The Morgan fingerprint density at radius 2 is 2.00 bits per heavy atom. The van der Waals surface area contributed by atoms with Crippen LogP contribution in [-0.2, 0) is 6.54 Å². The first kappa shape index (κ1) is 12.1. The zero-order valence-corrected chi connectivity index (χ0v) is 10.9. The van der Waals surface area contributed by atoms with Gasteiger partial charge in [0.15, 0.2) is 11.5 Å². The molecule has 2 heterocycles. The maximum absolute atomic E-state index is 5.57. The van der Waals surface area contributed by atoms with Crippen LogP contribution < -0.4 is 14.8 Å². The van der Waals surface area contributed by atoms with E-state index in [-0.39, 0.29) is 6.04 Å². The zero-order chi connectivity index (χ0) is 13.1. The molecule has 1 atom stereocenters. The van der Waals surface area contributed by atoms with E-state index in [2.05, 4.69) is 18.3 Å². The molecule has 0 bridgehead atoms. The summed E-state index contributed by atoms with van der Waals surface area (Å²) in [5.41, 5.74) is 1.17. The van der Waals surface area contributed by atoms with Crippen molar-refractivity contribution in [2.45, 2.75) is 19.5 Å². The highest BCUT2D eigenvalue weighted by Gasteiger charge is 2.12. The van der Waals surface area contributed by atoms with Crippen molar-refractivity contribution in [2.24, 2.45) is 0 Å². The van der Waals surface area contributed by atoms with E-state index < -0.39 is 0 Å². The van der Waals surface area contributed by atoms with Gasteiger partial charge in [-0.15, -0.1) is 0 Å². The van der Waals surface area contributed by atoms with Crippen molar-refractivity contribution in [3.8, 4) is 11.5 Å². The van der Waals surface area contributed by atoms with Crippen molar-refractivity contribution in [3.05, 3.63) is 47.9 Å². The molecule has 0 spiro atoms. The molecule has 1 aliphatic heterocycles. The van der Waals surface area contributed by atoms with E-state index in [1.807, 2.05) is 24.3 Å². The van der Waals surface area contributed by atoms with Gasteiger partial charge in [0.2, 0.25) is 0 Å². The predicted octanol–water partition coefficient (Wildman–Crippen LogP) is 2.90. The molecule has 1 aliphatic rings. The van der Waals surface area contributed by atoms with Gasteiger partial charge in [0.05, 0.1) is 12.3 Å². The van der Waals surface area contributed by atoms with Gasteiger partial charge in [-0.3, -0.25) is 0 Å². The Morgan fingerprint density at radius 3 is 2.79 bits per heavy atom. The van der Waals surface area contributed by atoms with Gasteiger partial charge in [-0.25, -0.2) is 0 Å². The molecule has 1 aromatic carbocycles. The van der Waals surface area contributed by atoms with E-state index in [0.29, 0.717) is 13.2 Å². The summed E-state index contributed by atoms with van der Waals surface area (Å²) >= 11 is 0. The van der Waals surface area contributed by atoms with Gasteiger partial charge in [0, 0.05) is 6.54 Å². The second-order valence-electron chi connectivity index (χ2n) is 4.60. The van der Waals surface area contributed by atoms with Gasteiger partial charge in [-0.2, -0.15) is 0 Å². The lowest BCUT2D eigenvalue weighted by Crippen LogP contribution is -2.18. The Labute approximate surface area is 112 Å². The second kappa shape index (κ2) is 5.36. The van der Waals surface area contributed by atoms with E-state index in [4.69, 9.17) is 13.9 Å². The number of hydrogen-bond donors (Lipinski definition) is 1. The maximum Gasteiger partial charge on any atom is 0.161 e. The Balaban J connectivity index is 1.64. The maximum atomic E-state index is 5.57. The molecule has 0 radical (unpaired) electrons. The average molecular weight is 259 g/mol. The lowest BCUT2D eigenvalue weighted by atomic mass is 10.1. The summed E-state index contributed by atoms with van der Waals surface area (Å²) in [5.74, 6) is 2.60. The Kier molecular flexibility index (Phi) is 3.42. The van der Waals surface area contributed by atoms with E-state index in [1.54, 1.807) is 6.26 Å². The van der Waals surface area contributed by atoms with Crippen LogP contribution >= 0.6 is 0 Å². The van der Waals surface area contributed by atoms with Crippen molar-refractivity contribution in [2.75, 3.05) is 13.2 Å². The molecule has 1 N–H and O–H groups in total. The summed E-state index contributed by atoms with van der Waals surface area (Å²) in [6.07, 6.45) is 1.69. The smallest absolute Gasteiger partial charge is 0.161 e. The van der Waals surface area contributed by atoms with Crippen LogP contribution in [0.15, 0.2) is 41.0 Å². The van der Waals surface area contributed by atoms with Crippen molar-refractivity contribution in [3.63, 3.8) is 0 Å². The van der Waals surface area contributed by atoms with E-state index in [1.165, 1.54) is 5.56 Å². The van der Waals surface area contributed by atoms with Gasteiger partial charge in [-0.1, -0.05) is 6.07 Å². The van der Waals surface area contributed by atoms with Crippen molar-refractivity contribution in [1.82, 2.24) is 5.32 Å². The van der Waals surface area contributed by atoms with Crippen LogP contribution in [0.25, 0.3) is 0 Å². The Hall–Kier alpha value is -1.94. The van der Waals surface area contributed by atoms with Crippen LogP contribution in [0, 0.1) is 0 Å². The predicted molar refractivity (Wildman–Crippen MR) is 71.4 cm³/mol. The fourth-order valence-corrected chi connectivity index (χ4v) is 2.11. The average Bonchev–Trinajstić information content (AvgIpc) is 2.99. The molecule has 0 saturated carbocycles. The molecule has 100 valence electrons. The number of benzene rings is 1. The highest BCUT2D eigenvalue weighted by atomic mass is 16.6. The topological polar surface area (TPSA) is 43.6 Å².